The van der Waals surface area contributed by atoms with Crippen LogP contribution in [-0.2, 0) is 0 Å². The molecule has 0 aliphatic heterocycles. The lowest BCUT2D eigenvalue weighted by atomic mass is 9.82. The molecule has 0 spiro atoms. The Bertz CT molecular complexity index is 4240. The van der Waals surface area contributed by atoms with Gasteiger partial charge in [0.15, 0.2) is 0 Å². The number of fused-ring (bicyclic) bond motifs is 6. The van der Waals surface area contributed by atoms with Crippen molar-refractivity contribution in [3.8, 4) is 44.5 Å². The second-order valence-electron chi connectivity index (χ2n) is 18.6. The first kappa shape index (κ1) is 42.7. The van der Waals surface area contributed by atoms with Gasteiger partial charge in [0, 0.05) is 24.0 Å². The summed E-state index contributed by atoms with van der Waals surface area (Å²) in [5, 5.41) is 14.6. The van der Waals surface area contributed by atoms with Gasteiger partial charge in [-0.25, -0.2) is 0 Å². The summed E-state index contributed by atoms with van der Waals surface area (Å²) < 4.78 is 0. The molecule has 0 atom stereocenters. The Hall–Kier alpha value is -9.37. The molecule has 0 aliphatic carbocycles. The minimum Gasteiger partial charge on any atom is -0.295 e. The van der Waals surface area contributed by atoms with E-state index < -0.39 is 0 Å². The van der Waals surface area contributed by atoms with E-state index in [0.717, 1.165) is 33.9 Å². The zero-order valence-electron chi connectivity index (χ0n) is 39.9. The van der Waals surface area contributed by atoms with Crippen molar-refractivity contribution in [2.24, 2.45) is 4.99 Å². The van der Waals surface area contributed by atoms with Crippen LogP contribution in [0.4, 0.5) is 5.69 Å². The second kappa shape index (κ2) is 17.9. The van der Waals surface area contributed by atoms with Gasteiger partial charge in [0.2, 0.25) is 0 Å². The number of hydrogen-bond donors (Lipinski definition) is 0. The van der Waals surface area contributed by atoms with Gasteiger partial charge in [0.05, 0.1) is 0 Å². The summed E-state index contributed by atoms with van der Waals surface area (Å²) in [6.07, 6.45) is 0. The summed E-state index contributed by atoms with van der Waals surface area (Å²) in [6, 6.07) is 95.1. The first-order chi connectivity index (χ1) is 35.6. The van der Waals surface area contributed by atoms with E-state index in [0.29, 0.717) is 0 Å². The maximum Gasteiger partial charge on any atom is 0.139 e. The normalized spacial score (nSPS) is 11.8. The zero-order chi connectivity index (χ0) is 48.1. The van der Waals surface area contributed by atoms with Gasteiger partial charge in [0.25, 0.3) is 0 Å². The van der Waals surface area contributed by atoms with Crippen molar-refractivity contribution >= 4 is 81.9 Å². The van der Waals surface area contributed by atoms with Crippen LogP contribution in [0.2, 0.25) is 0 Å². The lowest BCUT2D eigenvalue weighted by Gasteiger charge is -2.29. The van der Waals surface area contributed by atoms with Gasteiger partial charge in [-0.2, -0.15) is 0 Å². The van der Waals surface area contributed by atoms with Gasteiger partial charge in [-0.1, -0.05) is 237 Å². The van der Waals surface area contributed by atoms with Crippen molar-refractivity contribution in [3.63, 3.8) is 0 Å². The minimum atomic E-state index is 0.822. The predicted molar refractivity (Wildman–Crippen MR) is 310 cm³/mol. The Morgan fingerprint density at radius 3 is 1.17 bits per heavy atom. The van der Waals surface area contributed by atoms with Gasteiger partial charge >= 0.3 is 0 Å². The molecule has 0 N–H and O–H groups in total. The molecule has 0 aliphatic rings. The number of amidine groups is 1. The van der Waals surface area contributed by atoms with Crippen molar-refractivity contribution < 1.29 is 0 Å². The smallest absolute Gasteiger partial charge is 0.139 e. The molecular formula is C70H48N2. The SMILES string of the molecule is C=C(c1ccccc1)N(C(=NC)c1ccccc1)c1cccc(-c2c3ccccc3c(-c3ccc4c(-c5ccc6ccccc6c5)c5ccccc5c(-c5ccc6ccccc6c5)c4c3)c3ccccc23)c1. The second-order valence-corrected chi connectivity index (χ2v) is 18.6. The highest BCUT2D eigenvalue weighted by atomic mass is 15.2. The van der Waals surface area contributed by atoms with Gasteiger partial charge in [-0.15, -0.1) is 0 Å². The van der Waals surface area contributed by atoms with E-state index in [1.807, 2.05) is 19.2 Å². The van der Waals surface area contributed by atoms with E-state index in [9.17, 15) is 0 Å². The molecule has 0 radical (unpaired) electrons. The monoisotopic (exact) mass is 916 g/mol. The molecule has 338 valence electrons. The summed E-state index contributed by atoms with van der Waals surface area (Å²) in [4.78, 5) is 7.12. The molecular weight excluding hydrogens is 869 g/mol. The number of anilines is 1. The third-order valence-corrected chi connectivity index (χ3v) is 14.5. The summed E-state index contributed by atoms with van der Waals surface area (Å²) >= 11 is 0. The summed E-state index contributed by atoms with van der Waals surface area (Å²) in [5.41, 5.74) is 13.5. The molecule has 0 unspecified atom stereocenters. The Morgan fingerprint density at radius 1 is 0.306 bits per heavy atom. The topological polar surface area (TPSA) is 15.6 Å². The quantitative estimate of drug-likeness (QED) is 0.0842. The number of nitrogens with zero attached hydrogens (tertiary/aromatic N) is 2. The van der Waals surface area contributed by atoms with E-state index in [4.69, 9.17) is 11.6 Å². The van der Waals surface area contributed by atoms with Crippen molar-refractivity contribution in [2.45, 2.75) is 0 Å². The van der Waals surface area contributed by atoms with Crippen LogP contribution in [0.3, 0.4) is 0 Å². The zero-order valence-corrected chi connectivity index (χ0v) is 39.9. The van der Waals surface area contributed by atoms with Crippen LogP contribution < -0.4 is 4.90 Å². The maximum absolute atomic E-state index is 4.92. The van der Waals surface area contributed by atoms with Crippen molar-refractivity contribution in [3.05, 3.63) is 279 Å². The van der Waals surface area contributed by atoms with Crippen molar-refractivity contribution in [1.29, 1.82) is 0 Å². The Labute approximate surface area is 419 Å². The Balaban J connectivity index is 1.06. The van der Waals surface area contributed by atoms with Gasteiger partial charge in [-0.05, 0) is 145 Å². The fraction of sp³-hybridized carbons (Fsp3) is 0.0143. The standard InChI is InChI=1S/C70H48N2/c1-46(47-20-5-3-6-21-47)72(70(71-2)50-24-7-4-8-25-50)57-29-19-28-53(44-57)66-58-30-13-15-32-60(58)68(61-33-16-14-31-59(61)66)56-40-41-64-65(45-56)69(55-39-37-49-23-10-12-27-52(49)43-55)63-35-18-17-34-62(63)67(64)54-38-36-48-22-9-11-26-51(48)42-54/h3-45H,1H2,2H3. The third kappa shape index (κ3) is 7.23. The van der Waals surface area contributed by atoms with E-state index >= 15 is 0 Å². The molecule has 0 aromatic heterocycles. The van der Waals surface area contributed by atoms with Crippen LogP contribution in [0.1, 0.15) is 11.1 Å². The van der Waals surface area contributed by atoms with Gasteiger partial charge < -0.3 is 0 Å². The van der Waals surface area contributed by atoms with Crippen LogP contribution in [0.15, 0.2) is 272 Å². The highest BCUT2D eigenvalue weighted by Crippen LogP contribution is 2.49. The van der Waals surface area contributed by atoms with Crippen LogP contribution >= 0.6 is 0 Å². The molecule has 0 fully saturated rings. The van der Waals surface area contributed by atoms with Crippen molar-refractivity contribution in [1.82, 2.24) is 0 Å². The number of aliphatic imine (C=N–C) groups is 1. The van der Waals surface area contributed by atoms with E-state index in [1.165, 1.54) is 104 Å². The molecule has 13 aromatic carbocycles. The van der Waals surface area contributed by atoms with Crippen LogP contribution in [0.5, 0.6) is 0 Å². The highest BCUT2D eigenvalue weighted by molar-refractivity contribution is 6.26. The molecule has 0 saturated carbocycles. The molecule has 72 heavy (non-hydrogen) atoms. The fourth-order valence-corrected chi connectivity index (χ4v) is 11.3. The minimum absolute atomic E-state index is 0.822. The number of benzene rings is 13. The Kier molecular flexibility index (Phi) is 10.6. The van der Waals surface area contributed by atoms with E-state index in [1.54, 1.807) is 0 Å². The van der Waals surface area contributed by atoms with Gasteiger partial charge in [0.1, 0.15) is 5.84 Å². The predicted octanol–water partition coefficient (Wildman–Crippen LogP) is 18.8. The van der Waals surface area contributed by atoms with Gasteiger partial charge in [-0.3, -0.25) is 9.89 Å². The molecule has 0 heterocycles. The van der Waals surface area contributed by atoms with E-state index in [2.05, 4.69) is 254 Å². The third-order valence-electron chi connectivity index (χ3n) is 14.5. The first-order valence-corrected chi connectivity index (χ1v) is 24.7. The summed E-state index contributed by atoms with van der Waals surface area (Å²) in [5.74, 6) is 0.822. The number of rotatable bonds is 8. The average molecular weight is 917 g/mol. The molecule has 0 bridgehead atoms. The molecule has 13 aromatic rings. The molecule has 2 heteroatoms. The molecule has 0 saturated heterocycles. The lowest BCUT2D eigenvalue weighted by molar-refractivity contribution is 1.29. The summed E-state index contributed by atoms with van der Waals surface area (Å²) in [6.45, 7) is 4.70. The Morgan fingerprint density at radius 2 is 0.681 bits per heavy atom. The lowest BCUT2D eigenvalue weighted by Crippen LogP contribution is -2.30. The molecule has 13 rings (SSSR count). The van der Waals surface area contributed by atoms with Crippen LogP contribution in [0, 0.1) is 0 Å². The largest absolute Gasteiger partial charge is 0.295 e. The van der Waals surface area contributed by atoms with Crippen LogP contribution in [-0.4, -0.2) is 12.9 Å². The fourth-order valence-electron chi connectivity index (χ4n) is 11.3. The number of hydrogen-bond acceptors (Lipinski definition) is 1. The molecule has 2 nitrogen and oxygen atoms in total. The highest BCUT2D eigenvalue weighted by Gasteiger charge is 2.24. The van der Waals surface area contributed by atoms with Crippen molar-refractivity contribution in [2.75, 3.05) is 11.9 Å². The maximum atomic E-state index is 4.92. The van der Waals surface area contributed by atoms with E-state index in [-0.39, 0.29) is 0 Å². The summed E-state index contributed by atoms with van der Waals surface area (Å²) in [7, 11) is 1.86. The van der Waals surface area contributed by atoms with Crippen LogP contribution in [0.25, 0.3) is 115 Å². The molecule has 0 amide bonds. The average Bonchev–Trinajstić information content (AvgIpc) is 3.45. The first-order valence-electron chi connectivity index (χ1n) is 24.7.